The van der Waals surface area contributed by atoms with Crippen LogP contribution in [0, 0.1) is 0 Å². The number of hydrogen-bond donors (Lipinski definition) is 1. The molecule has 0 bridgehead atoms. The monoisotopic (exact) mass is 437 g/mol. The van der Waals surface area contributed by atoms with Crippen molar-refractivity contribution in [1.82, 2.24) is 20.1 Å². The van der Waals surface area contributed by atoms with Crippen LogP contribution < -0.4 is 10.1 Å². The largest absolute Gasteiger partial charge is 0.490 e. The van der Waals surface area contributed by atoms with E-state index in [0.29, 0.717) is 13.2 Å². The van der Waals surface area contributed by atoms with Crippen molar-refractivity contribution in [3.63, 3.8) is 0 Å². The second-order valence-corrected chi connectivity index (χ2v) is 8.53. The molecule has 140 valence electrons. The topological polar surface area (TPSA) is 53.0 Å². The molecular formula is C18H24BrN5OS. The van der Waals surface area contributed by atoms with Crippen LogP contribution in [0.25, 0.3) is 0 Å². The van der Waals surface area contributed by atoms with E-state index < -0.39 is 0 Å². The quantitative estimate of drug-likeness (QED) is 0.427. The highest BCUT2D eigenvalue weighted by Gasteiger charge is 2.19. The lowest BCUT2D eigenvalue weighted by Crippen LogP contribution is -2.52. The van der Waals surface area contributed by atoms with E-state index in [2.05, 4.69) is 53.2 Å². The summed E-state index contributed by atoms with van der Waals surface area (Å²) < 4.78 is 6.86. The molecule has 0 atom stereocenters. The molecule has 1 aliphatic rings. The predicted molar refractivity (Wildman–Crippen MR) is 110 cm³/mol. The van der Waals surface area contributed by atoms with Crippen LogP contribution in [0.4, 0.5) is 0 Å². The number of aliphatic imine (C=N–C) groups is 1. The highest BCUT2D eigenvalue weighted by Crippen LogP contribution is 2.23. The smallest absolute Gasteiger partial charge is 0.193 e. The number of piperazine rings is 1. The number of aromatic nitrogens is 1. The van der Waals surface area contributed by atoms with Crippen LogP contribution in [0.2, 0.25) is 0 Å². The summed E-state index contributed by atoms with van der Waals surface area (Å²) in [6.07, 6.45) is 3.46. The van der Waals surface area contributed by atoms with Gasteiger partial charge in [0.25, 0.3) is 0 Å². The summed E-state index contributed by atoms with van der Waals surface area (Å²) in [6, 6.07) is 8.10. The first kappa shape index (κ1) is 19.1. The van der Waals surface area contributed by atoms with Gasteiger partial charge in [-0.2, -0.15) is 0 Å². The molecule has 1 fully saturated rings. The van der Waals surface area contributed by atoms with E-state index >= 15 is 0 Å². The molecule has 0 amide bonds. The molecule has 0 spiro atoms. The molecule has 0 saturated carbocycles. The van der Waals surface area contributed by atoms with E-state index in [-0.39, 0.29) is 0 Å². The fraction of sp³-hybridized carbons (Fsp3) is 0.444. The molecule has 0 aliphatic carbocycles. The fourth-order valence-corrected chi connectivity index (χ4v) is 4.40. The number of halogens is 1. The second kappa shape index (κ2) is 9.89. The minimum absolute atomic E-state index is 0.581. The maximum Gasteiger partial charge on any atom is 0.193 e. The molecule has 3 heterocycles. The van der Waals surface area contributed by atoms with Crippen molar-refractivity contribution in [2.75, 3.05) is 46.4 Å². The maximum absolute atomic E-state index is 5.66. The van der Waals surface area contributed by atoms with Crippen LogP contribution in [-0.2, 0) is 6.54 Å². The van der Waals surface area contributed by atoms with Crippen LogP contribution in [-0.4, -0.2) is 67.1 Å². The molecule has 26 heavy (non-hydrogen) atoms. The highest BCUT2D eigenvalue weighted by atomic mass is 79.9. The van der Waals surface area contributed by atoms with E-state index in [0.717, 1.165) is 44.4 Å². The number of nitrogens with one attached hydrogen (secondary N) is 1. The van der Waals surface area contributed by atoms with Gasteiger partial charge in [-0.05, 0) is 40.2 Å². The molecule has 3 rings (SSSR count). The second-order valence-electron chi connectivity index (χ2n) is 5.98. The summed E-state index contributed by atoms with van der Waals surface area (Å²) in [4.78, 5) is 14.7. The lowest BCUT2D eigenvalue weighted by molar-refractivity contribution is 0.173. The average molecular weight is 438 g/mol. The SMILES string of the molecule is CN=C(NCCOc1cccnc1)N1CCN(Cc2ccc(Br)s2)CC1. The summed E-state index contributed by atoms with van der Waals surface area (Å²) in [7, 11) is 1.83. The third-order valence-corrected chi connectivity index (χ3v) is 5.79. The van der Waals surface area contributed by atoms with Gasteiger partial charge in [-0.1, -0.05) is 0 Å². The van der Waals surface area contributed by atoms with Crippen LogP contribution in [0.3, 0.4) is 0 Å². The Bertz CT molecular complexity index is 701. The van der Waals surface area contributed by atoms with Crippen molar-refractivity contribution in [3.05, 3.63) is 45.3 Å². The Morgan fingerprint density at radius 3 is 2.81 bits per heavy atom. The Balaban J connectivity index is 1.38. The van der Waals surface area contributed by atoms with Crippen molar-refractivity contribution in [2.24, 2.45) is 4.99 Å². The Morgan fingerprint density at radius 1 is 1.31 bits per heavy atom. The van der Waals surface area contributed by atoms with Gasteiger partial charge >= 0.3 is 0 Å². The van der Waals surface area contributed by atoms with Crippen LogP contribution in [0.15, 0.2) is 45.4 Å². The average Bonchev–Trinajstić information content (AvgIpc) is 3.08. The number of hydrogen-bond acceptors (Lipinski definition) is 5. The minimum Gasteiger partial charge on any atom is -0.490 e. The van der Waals surface area contributed by atoms with Crippen LogP contribution in [0.5, 0.6) is 5.75 Å². The van der Waals surface area contributed by atoms with Crippen molar-refractivity contribution >= 4 is 33.2 Å². The molecule has 0 radical (unpaired) electrons. The number of nitrogens with zero attached hydrogens (tertiary/aromatic N) is 4. The van der Waals surface area contributed by atoms with Gasteiger partial charge in [0, 0.05) is 50.8 Å². The Hall–Kier alpha value is -1.64. The fourth-order valence-electron chi connectivity index (χ4n) is 2.87. The Kier molecular flexibility index (Phi) is 7.28. The van der Waals surface area contributed by atoms with Gasteiger partial charge in [0.2, 0.25) is 0 Å². The van der Waals surface area contributed by atoms with Gasteiger partial charge in [-0.3, -0.25) is 14.9 Å². The van der Waals surface area contributed by atoms with Gasteiger partial charge in [-0.15, -0.1) is 11.3 Å². The van der Waals surface area contributed by atoms with Crippen molar-refractivity contribution < 1.29 is 4.74 Å². The first-order valence-electron chi connectivity index (χ1n) is 8.69. The molecule has 1 N–H and O–H groups in total. The van der Waals surface area contributed by atoms with Gasteiger partial charge in [0.1, 0.15) is 12.4 Å². The Morgan fingerprint density at radius 2 is 2.15 bits per heavy atom. The van der Waals surface area contributed by atoms with Crippen molar-refractivity contribution in [3.8, 4) is 5.75 Å². The van der Waals surface area contributed by atoms with Gasteiger partial charge in [0.15, 0.2) is 5.96 Å². The summed E-state index contributed by atoms with van der Waals surface area (Å²) in [6.45, 7) is 6.37. The molecule has 0 unspecified atom stereocenters. The van der Waals surface area contributed by atoms with Crippen molar-refractivity contribution in [1.29, 1.82) is 0 Å². The standard InChI is InChI=1S/C18H24BrN5OS/c1-20-18(22-7-12-25-15-3-2-6-21-13-15)24-10-8-23(9-11-24)14-16-4-5-17(19)26-16/h2-6,13H,7-12,14H2,1H3,(H,20,22). The minimum atomic E-state index is 0.581. The summed E-state index contributed by atoms with van der Waals surface area (Å²) >= 11 is 5.35. The number of pyridine rings is 1. The predicted octanol–water partition coefficient (Wildman–Crippen LogP) is 2.68. The zero-order chi connectivity index (χ0) is 18.2. The van der Waals surface area contributed by atoms with Crippen molar-refractivity contribution in [2.45, 2.75) is 6.54 Å². The molecule has 8 heteroatoms. The van der Waals surface area contributed by atoms with E-state index in [1.165, 1.54) is 8.66 Å². The molecule has 2 aromatic heterocycles. The number of guanidine groups is 1. The summed E-state index contributed by atoms with van der Waals surface area (Å²) in [5, 5.41) is 3.39. The third kappa shape index (κ3) is 5.69. The zero-order valence-corrected chi connectivity index (χ0v) is 17.3. The van der Waals surface area contributed by atoms with Gasteiger partial charge in [0.05, 0.1) is 16.5 Å². The van der Waals surface area contributed by atoms with E-state index in [4.69, 9.17) is 4.74 Å². The van der Waals surface area contributed by atoms with Gasteiger partial charge < -0.3 is 15.0 Å². The lowest BCUT2D eigenvalue weighted by Gasteiger charge is -2.36. The first-order valence-corrected chi connectivity index (χ1v) is 10.3. The molecule has 1 aliphatic heterocycles. The molecule has 2 aromatic rings. The van der Waals surface area contributed by atoms with E-state index in [1.807, 2.05) is 30.5 Å². The highest BCUT2D eigenvalue weighted by molar-refractivity contribution is 9.11. The Labute approximate surface area is 167 Å². The van der Waals surface area contributed by atoms with E-state index in [9.17, 15) is 0 Å². The normalized spacial score (nSPS) is 15.9. The first-order chi connectivity index (χ1) is 12.7. The maximum atomic E-state index is 5.66. The molecule has 0 aromatic carbocycles. The van der Waals surface area contributed by atoms with Crippen LogP contribution >= 0.6 is 27.3 Å². The molecule has 1 saturated heterocycles. The lowest BCUT2D eigenvalue weighted by atomic mass is 10.3. The zero-order valence-electron chi connectivity index (χ0n) is 14.9. The third-order valence-electron chi connectivity index (χ3n) is 4.18. The molecule has 6 nitrogen and oxygen atoms in total. The summed E-state index contributed by atoms with van der Waals surface area (Å²) in [5.74, 6) is 1.73. The van der Waals surface area contributed by atoms with E-state index in [1.54, 1.807) is 12.4 Å². The number of ether oxygens (including phenoxy) is 1. The van der Waals surface area contributed by atoms with Gasteiger partial charge in [-0.25, -0.2) is 0 Å². The molecular weight excluding hydrogens is 414 g/mol. The summed E-state index contributed by atoms with van der Waals surface area (Å²) in [5.41, 5.74) is 0. The number of rotatable bonds is 6. The number of thiophene rings is 1. The van der Waals surface area contributed by atoms with Crippen LogP contribution in [0.1, 0.15) is 4.88 Å².